The fourth-order valence-electron chi connectivity index (χ4n) is 1.88. The van der Waals surface area contributed by atoms with Crippen LogP contribution >= 0.6 is 0 Å². The van der Waals surface area contributed by atoms with Crippen LogP contribution < -0.4 is 0 Å². The fraction of sp³-hybridized carbons (Fsp3) is 0.154. The Morgan fingerprint density at radius 3 is 2.56 bits per heavy atom. The highest BCUT2D eigenvalue weighted by Gasteiger charge is 2.15. The Balaban J connectivity index is 2.72. The minimum atomic E-state index is -0.884. The highest BCUT2D eigenvalue weighted by molar-refractivity contribution is 6.20. The number of para-hydroxylation sites is 1. The third-order valence-electron chi connectivity index (χ3n) is 2.57. The number of aromatic amines is 1. The number of rotatable bonds is 2. The quantitative estimate of drug-likeness (QED) is 0.756. The maximum absolute atomic E-state index is 11.2. The maximum atomic E-state index is 11.2. The highest BCUT2D eigenvalue weighted by atomic mass is 16.4. The molecule has 1 heterocycles. The molecule has 2 rings (SSSR count). The molecule has 0 aliphatic carbocycles. The molecule has 82 valence electrons. The second-order valence-electron chi connectivity index (χ2n) is 3.93. The van der Waals surface area contributed by atoms with Gasteiger partial charge in [0.15, 0.2) is 0 Å². The van der Waals surface area contributed by atoms with Crippen LogP contribution in [-0.2, 0) is 4.79 Å². The van der Waals surface area contributed by atoms with Crippen molar-refractivity contribution in [3.63, 3.8) is 0 Å². The molecule has 16 heavy (non-hydrogen) atoms. The standard InChI is InChI=1S/C13H13NO2/c1-8(2)12(13(15)16)10-7-14-11-6-4-3-5-9(10)11/h3-7,14H,1-2H3,(H,15,16). The minimum Gasteiger partial charge on any atom is -0.478 e. The largest absolute Gasteiger partial charge is 0.478 e. The number of benzene rings is 1. The molecule has 0 unspecified atom stereocenters. The predicted octanol–water partition coefficient (Wildman–Crippen LogP) is 3.05. The van der Waals surface area contributed by atoms with Crippen LogP contribution in [0.1, 0.15) is 19.4 Å². The van der Waals surface area contributed by atoms with E-state index in [1.807, 2.05) is 38.1 Å². The number of carbonyl (C=O) groups is 1. The molecule has 2 aromatic rings. The van der Waals surface area contributed by atoms with Gasteiger partial charge in [0.2, 0.25) is 0 Å². The molecule has 0 spiro atoms. The van der Waals surface area contributed by atoms with Crippen LogP contribution in [0.4, 0.5) is 0 Å². The summed E-state index contributed by atoms with van der Waals surface area (Å²) >= 11 is 0. The number of allylic oxidation sites excluding steroid dienone is 1. The van der Waals surface area contributed by atoms with Crippen LogP contribution in [0, 0.1) is 0 Å². The number of H-pyrrole nitrogens is 1. The first-order valence-corrected chi connectivity index (χ1v) is 5.08. The molecule has 0 amide bonds. The fourth-order valence-corrected chi connectivity index (χ4v) is 1.88. The molecule has 0 bridgehead atoms. The van der Waals surface area contributed by atoms with Crippen molar-refractivity contribution in [3.8, 4) is 0 Å². The van der Waals surface area contributed by atoms with Crippen molar-refractivity contribution >= 4 is 22.4 Å². The summed E-state index contributed by atoms with van der Waals surface area (Å²) in [7, 11) is 0. The van der Waals surface area contributed by atoms with E-state index >= 15 is 0 Å². The van der Waals surface area contributed by atoms with Crippen molar-refractivity contribution in [1.29, 1.82) is 0 Å². The van der Waals surface area contributed by atoms with Gasteiger partial charge in [0.25, 0.3) is 0 Å². The summed E-state index contributed by atoms with van der Waals surface area (Å²) in [5.41, 5.74) is 2.88. The molecular weight excluding hydrogens is 202 g/mol. The average molecular weight is 215 g/mol. The van der Waals surface area contributed by atoms with Gasteiger partial charge in [-0.2, -0.15) is 0 Å². The van der Waals surface area contributed by atoms with Gasteiger partial charge in [0.1, 0.15) is 0 Å². The number of hydrogen-bond donors (Lipinski definition) is 2. The third-order valence-corrected chi connectivity index (χ3v) is 2.57. The van der Waals surface area contributed by atoms with Crippen molar-refractivity contribution in [1.82, 2.24) is 4.98 Å². The molecule has 0 aliphatic heterocycles. The summed E-state index contributed by atoms with van der Waals surface area (Å²) in [5.74, 6) is -0.884. The topological polar surface area (TPSA) is 53.1 Å². The summed E-state index contributed by atoms with van der Waals surface area (Å²) < 4.78 is 0. The first kappa shape index (κ1) is 10.5. The number of carboxylic acids is 1. The van der Waals surface area contributed by atoms with Crippen LogP contribution in [0.15, 0.2) is 36.0 Å². The minimum absolute atomic E-state index is 0.373. The van der Waals surface area contributed by atoms with Crippen LogP contribution in [0.3, 0.4) is 0 Å². The van der Waals surface area contributed by atoms with Crippen LogP contribution in [-0.4, -0.2) is 16.1 Å². The monoisotopic (exact) mass is 215 g/mol. The molecule has 1 aromatic carbocycles. The van der Waals surface area contributed by atoms with Crippen molar-refractivity contribution in [3.05, 3.63) is 41.6 Å². The predicted molar refractivity (Wildman–Crippen MR) is 64.2 cm³/mol. The van der Waals surface area contributed by atoms with Crippen LogP contribution in [0.25, 0.3) is 16.5 Å². The zero-order valence-corrected chi connectivity index (χ0v) is 9.24. The number of carboxylic acid groups (broad SMARTS) is 1. The zero-order chi connectivity index (χ0) is 11.7. The summed E-state index contributed by atoms with van der Waals surface area (Å²) in [6, 6.07) is 7.69. The first-order chi connectivity index (χ1) is 7.61. The molecule has 0 saturated heterocycles. The van der Waals surface area contributed by atoms with Crippen molar-refractivity contribution in [2.24, 2.45) is 0 Å². The first-order valence-electron chi connectivity index (χ1n) is 5.08. The lowest BCUT2D eigenvalue weighted by molar-refractivity contribution is -0.130. The van der Waals surface area contributed by atoms with Gasteiger partial charge in [-0.1, -0.05) is 23.8 Å². The van der Waals surface area contributed by atoms with Gasteiger partial charge in [0.05, 0.1) is 5.57 Å². The average Bonchev–Trinajstić information content (AvgIpc) is 2.61. The lowest BCUT2D eigenvalue weighted by Gasteiger charge is -2.03. The number of aliphatic carboxylic acids is 1. The Bertz CT molecular complexity index is 574. The van der Waals surface area contributed by atoms with Crippen molar-refractivity contribution in [2.75, 3.05) is 0 Å². The molecule has 1 aromatic heterocycles. The molecule has 0 aliphatic rings. The van der Waals surface area contributed by atoms with Crippen molar-refractivity contribution in [2.45, 2.75) is 13.8 Å². The lowest BCUT2D eigenvalue weighted by Crippen LogP contribution is -2.00. The maximum Gasteiger partial charge on any atom is 0.336 e. The van der Waals surface area contributed by atoms with Gasteiger partial charge in [0, 0.05) is 22.7 Å². The number of fused-ring (bicyclic) bond motifs is 1. The zero-order valence-electron chi connectivity index (χ0n) is 9.24. The highest BCUT2D eigenvalue weighted by Crippen LogP contribution is 2.27. The van der Waals surface area contributed by atoms with E-state index in [1.54, 1.807) is 6.20 Å². The van der Waals surface area contributed by atoms with E-state index in [-0.39, 0.29) is 0 Å². The van der Waals surface area contributed by atoms with E-state index < -0.39 is 5.97 Å². The van der Waals surface area contributed by atoms with Gasteiger partial charge >= 0.3 is 5.97 Å². The van der Waals surface area contributed by atoms with Crippen molar-refractivity contribution < 1.29 is 9.90 Å². The lowest BCUT2D eigenvalue weighted by atomic mass is 10.0. The van der Waals surface area contributed by atoms with E-state index in [0.717, 1.165) is 22.0 Å². The SMILES string of the molecule is CC(C)=C(C(=O)O)c1c[nH]c2ccccc12. The smallest absolute Gasteiger partial charge is 0.336 e. The number of aromatic nitrogens is 1. The Kier molecular flexibility index (Phi) is 2.52. The number of hydrogen-bond acceptors (Lipinski definition) is 1. The van der Waals surface area contributed by atoms with E-state index in [0.29, 0.717) is 5.57 Å². The van der Waals surface area contributed by atoms with Gasteiger partial charge in [-0.25, -0.2) is 4.79 Å². The molecule has 0 saturated carbocycles. The molecular formula is C13H13NO2. The van der Waals surface area contributed by atoms with Gasteiger partial charge in [-0.15, -0.1) is 0 Å². The van der Waals surface area contributed by atoms with Crippen LogP contribution in [0.2, 0.25) is 0 Å². The van der Waals surface area contributed by atoms with Gasteiger partial charge in [-0.05, 0) is 19.9 Å². The second kappa shape index (κ2) is 3.85. The Labute approximate surface area is 93.4 Å². The molecule has 2 N–H and O–H groups in total. The molecule has 0 radical (unpaired) electrons. The normalized spacial score (nSPS) is 10.4. The van der Waals surface area contributed by atoms with E-state index in [4.69, 9.17) is 0 Å². The second-order valence-corrected chi connectivity index (χ2v) is 3.93. The van der Waals surface area contributed by atoms with Gasteiger partial charge in [-0.3, -0.25) is 0 Å². The Morgan fingerprint density at radius 2 is 1.94 bits per heavy atom. The summed E-state index contributed by atoms with van der Waals surface area (Å²) in [4.78, 5) is 14.3. The van der Waals surface area contributed by atoms with Gasteiger partial charge < -0.3 is 10.1 Å². The molecule has 3 nitrogen and oxygen atoms in total. The Morgan fingerprint density at radius 1 is 1.25 bits per heavy atom. The van der Waals surface area contributed by atoms with Crippen LogP contribution in [0.5, 0.6) is 0 Å². The third kappa shape index (κ3) is 1.60. The van der Waals surface area contributed by atoms with E-state index in [1.165, 1.54) is 0 Å². The molecule has 3 heteroatoms. The Hall–Kier alpha value is -2.03. The molecule has 0 fully saturated rings. The van der Waals surface area contributed by atoms with E-state index in [2.05, 4.69) is 4.98 Å². The number of nitrogens with one attached hydrogen (secondary N) is 1. The molecule has 0 atom stereocenters. The van der Waals surface area contributed by atoms with E-state index in [9.17, 15) is 9.90 Å². The summed E-state index contributed by atoms with van der Waals surface area (Å²) in [5, 5.41) is 10.1. The summed E-state index contributed by atoms with van der Waals surface area (Å²) in [6.07, 6.45) is 1.75. The summed E-state index contributed by atoms with van der Waals surface area (Å²) in [6.45, 7) is 3.62.